The fourth-order valence-electron chi connectivity index (χ4n) is 4.54. The Labute approximate surface area is 200 Å². The third-order valence-corrected chi connectivity index (χ3v) is 6.13. The number of nitrogens with one attached hydrogen (secondary N) is 1. The van der Waals surface area contributed by atoms with E-state index in [2.05, 4.69) is 77.1 Å². The summed E-state index contributed by atoms with van der Waals surface area (Å²) in [5, 5.41) is 13.7. The van der Waals surface area contributed by atoms with Crippen molar-refractivity contribution in [3.8, 4) is 0 Å². The zero-order valence-corrected chi connectivity index (χ0v) is 20.8. The summed E-state index contributed by atoms with van der Waals surface area (Å²) in [7, 11) is 0. The van der Waals surface area contributed by atoms with Crippen LogP contribution in [0.4, 0.5) is 0 Å². The molecule has 0 aliphatic carbocycles. The van der Waals surface area contributed by atoms with Crippen molar-refractivity contribution in [3.63, 3.8) is 0 Å². The van der Waals surface area contributed by atoms with E-state index in [1.54, 1.807) is 6.20 Å². The van der Waals surface area contributed by atoms with Gasteiger partial charge in [0.25, 0.3) is 5.56 Å². The van der Waals surface area contributed by atoms with E-state index >= 15 is 0 Å². The van der Waals surface area contributed by atoms with Gasteiger partial charge in [-0.2, -0.15) is 0 Å². The Balaban J connectivity index is 1.79. The van der Waals surface area contributed by atoms with Crippen LogP contribution in [0.1, 0.15) is 68.2 Å². The van der Waals surface area contributed by atoms with Crippen LogP contribution in [-0.2, 0) is 18.6 Å². The van der Waals surface area contributed by atoms with Crippen LogP contribution in [0.5, 0.6) is 0 Å². The summed E-state index contributed by atoms with van der Waals surface area (Å²) in [6, 6.07) is 10.1. The van der Waals surface area contributed by atoms with Crippen LogP contribution in [0.3, 0.4) is 0 Å². The highest BCUT2D eigenvalue weighted by molar-refractivity contribution is 5.83. The van der Waals surface area contributed by atoms with Crippen LogP contribution < -0.4 is 5.56 Å². The third-order valence-electron chi connectivity index (χ3n) is 6.13. The lowest BCUT2D eigenvalue weighted by atomic mass is 10.0. The van der Waals surface area contributed by atoms with Crippen LogP contribution in [0.2, 0.25) is 0 Å². The minimum Gasteiger partial charge on any atom is -0.322 e. The maximum atomic E-state index is 13.1. The van der Waals surface area contributed by atoms with Gasteiger partial charge in [0.1, 0.15) is 0 Å². The molecule has 8 nitrogen and oxygen atoms in total. The molecule has 0 spiro atoms. The predicted octanol–water partition coefficient (Wildman–Crippen LogP) is 4.43. The molecule has 4 aromatic rings. The summed E-state index contributed by atoms with van der Waals surface area (Å²) in [6.07, 6.45) is 4.43. The van der Waals surface area contributed by atoms with Crippen LogP contribution in [-0.4, -0.2) is 35.1 Å². The Morgan fingerprint density at radius 3 is 2.62 bits per heavy atom. The summed E-state index contributed by atoms with van der Waals surface area (Å²) in [6.45, 7) is 13.6. The standard InChI is InChI=1S/C26H33N7O/c1-7-23(24-29-30-31-33(24)26(4,5)6)32(15-19-9-8-10-27-14-19)16-20-13-21-18(3)11-17(2)12-22(21)28-25(20)34/h8-14,23H,7,15-16H2,1-6H3,(H,28,34)/t23-/m1/s1. The smallest absolute Gasteiger partial charge is 0.252 e. The Morgan fingerprint density at radius 2 is 1.94 bits per heavy atom. The first-order valence-corrected chi connectivity index (χ1v) is 11.7. The Bertz CT molecular complexity index is 1340. The maximum absolute atomic E-state index is 13.1. The average Bonchev–Trinajstić information content (AvgIpc) is 3.26. The molecular formula is C26H33N7O. The van der Waals surface area contributed by atoms with E-state index in [4.69, 9.17) is 0 Å². The van der Waals surface area contributed by atoms with E-state index in [0.29, 0.717) is 13.1 Å². The molecule has 0 aliphatic heterocycles. The lowest BCUT2D eigenvalue weighted by Crippen LogP contribution is -2.35. The number of fused-ring (bicyclic) bond motifs is 1. The van der Waals surface area contributed by atoms with Crippen molar-refractivity contribution >= 4 is 10.9 Å². The number of H-pyrrole nitrogens is 1. The van der Waals surface area contributed by atoms with Crippen molar-refractivity contribution < 1.29 is 0 Å². The topological polar surface area (TPSA) is 92.6 Å². The summed E-state index contributed by atoms with van der Waals surface area (Å²) in [5.41, 5.74) is 4.60. The van der Waals surface area contributed by atoms with E-state index in [9.17, 15) is 4.79 Å². The molecule has 178 valence electrons. The number of aryl methyl sites for hydroxylation is 2. The van der Waals surface area contributed by atoms with Gasteiger partial charge in [-0.3, -0.25) is 14.7 Å². The monoisotopic (exact) mass is 459 g/mol. The molecule has 0 fully saturated rings. The van der Waals surface area contributed by atoms with E-state index in [-0.39, 0.29) is 17.1 Å². The number of hydrogen-bond donors (Lipinski definition) is 1. The van der Waals surface area contributed by atoms with Gasteiger partial charge in [0.15, 0.2) is 5.82 Å². The summed E-state index contributed by atoms with van der Waals surface area (Å²) in [4.78, 5) is 22.8. The largest absolute Gasteiger partial charge is 0.322 e. The molecule has 0 radical (unpaired) electrons. The summed E-state index contributed by atoms with van der Waals surface area (Å²) < 4.78 is 1.88. The van der Waals surface area contributed by atoms with Gasteiger partial charge in [0.05, 0.1) is 11.6 Å². The van der Waals surface area contributed by atoms with Gasteiger partial charge in [-0.25, -0.2) is 4.68 Å². The predicted molar refractivity (Wildman–Crippen MR) is 133 cm³/mol. The molecule has 0 unspecified atom stereocenters. The minimum atomic E-state index is -0.262. The van der Waals surface area contributed by atoms with Crippen LogP contribution >= 0.6 is 0 Å². The number of rotatable bonds is 7. The van der Waals surface area contributed by atoms with E-state index in [1.165, 1.54) is 0 Å². The molecule has 0 amide bonds. The van der Waals surface area contributed by atoms with Gasteiger partial charge in [0.2, 0.25) is 0 Å². The number of hydrogen-bond acceptors (Lipinski definition) is 6. The molecular weight excluding hydrogens is 426 g/mol. The summed E-state index contributed by atoms with van der Waals surface area (Å²) in [5.74, 6) is 0.794. The van der Waals surface area contributed by atoms with Crippen molar-refractivity contribution in [2.24, 2.45) is 0 Å². The maximum Gasteiger partial charge on any atom is 0.252 e. The van der Waals surface area contributed by atoms with Gasteiger partial charge >= 0.3 is 0 Å². The Hall–Kier alpha value is -3.39. The fraction of sp³-hybridized carbons (Fsp3) is 0.423. The molecule has 0 aliphatic rings. The second kappa shape index (κ2) is 9.46. The number of pyridine rings is 2. The normalized spacial score (nSPS) is 13.0. The van der Waals surface area contributed by atoms with Gasteiger partial charge in [0, 0.05) is 41.9 Å². The number of tetrazole rings is 1. The number of aromatic nitrogens is 6. The molecule has 1 N–H and O–H groups in total. The van der Waals surface area contributed by atoms with Crippen LogP contribution in [0, 0.1) is 13.8 Å². The van der Waals surface area contributed by atoms with Crippen molar-refractivity contribution in [2.75, 3.05) is 0 Å². The molecule has 0 bridgehead atoms. The van der Waals surface area contributed by atoms with E-state index in [0.717, 1.165) is 45.4 Å². The SMILES string of the molecule is CC[C@H](c1nnnn1C(C)(C)C)N(Cc1cccnc1)Cc1cc2c(C)cc(C)cc2[nH]c1=O. The highest BCUT2D eigenvalue weighted by Gasteiger charge is 2.29. The molecule has 1 atom stereocenters. The highest BCUT2D eigenvalue weighted by atomic mass is 16.1. The summed E-state index contributed by atoms with van der Waals surface area (Å²) >= 11 is 0. The average molecular weight is 460 g/mol. The van der Waals surface area contributed by atoms with E-state index < -0.39 is 0 Å². The van der Waals surface area contributed by atoms with E-state index in [1.807, 2.05) is 36.0 Å². The third kappa shape index (κ3) is 4.92. The van der Waals surface area contributed by atoms with Crippen molar-refractivity contribution in [2.45, 2.75) is 72.6 Å². The van der Waals surface area contributed by atoms with Gasteiger partial charge in [-0.05, 0) is 86.4 Å². The zero-order valence-electron chi connectivity index (χ0n) is 20.8. The van der Waals surface area contributed by atoms with Crippen molar-refractivity contribution in [3.05, 3.63) is 81.2 Å². The quantitative estimate of drug-likeness (QED) is 0.439. The minimum absolute atomic E-state index is 0.0704. The Morgan fingerprint density at radius 1 is 1.15 bits per heavy atom. The molecule has 3 heterocycles. The van der Waals surface area contributed by atoms with Gasteiger partial charge < -0.3 is 4.98 Å². The fourth-order valence-corrected chi connectivity index (χ4v) is 4.54. The zero-order chi connectivity index (χ0) is 24.5. The van der Waals surface area contributed by atoms with Crippen LogP contribution in [0.25, 0.3) is 10.9 Å². The molecule has 8 heteroatoms. The molecule has 4 rings (SSSR count). The van der Waals surface area contributed by atoms with Gasteiger partial charge in [-0.15, -0.1) is 5.10 Å². The number of benzene rings is 1. The first kappa shape index (κ1) is 23.8. The number of aromatic amines is 1. The second-order valence-corrected chi connectivity index (χ2v) is 9.98. The first-order chi connectivity index (χ1) is 16.2. The molecule has 0 saturated heterocycles. The first-order valence-electron chi connectivity index (χ1n) is 11.7. The molecule has 0 saturated carbocycles. The van der Waals surface area contributed by atoms with Crippen LogP contribution in [0.15, 0.2) is 47.5 Å². The molecule has 34 heavy (non-hydrogen) atoms. The molecule has 1 aromatic carbocycles. The molecule has 3 aromatic heterocycles. The second-order valence-electron chi connectivity index (χ2n) is 9.98. The Kier molecular flexibility index (Phi) is 6.61. The lowest BCUT2D eigenvalue weighted by molar-refractivity contribution is 0.153. The lowest BCUT2D eigenvalue weighted by Gasteiger charge is -2.32. The van der Waals surface area contributed by atoms with Gasteiger partial charge in [-0.1, -0.05) is 19.1 Å². The van der Waals surface area contributed by atoms with Crippen molar-refractivity contribution in [1.29, 1.82) is 0 Å². The highest BCUT2D eigenvalue weighted by Crippen LogP contribution is 2.29. The van der Waals surface area contributed by atoms with Crippen molar-refractivity contribution in [1.82, 2.24) is 35.1 Å². The number of nitrogens with zero attached hydrogens (tertiary/aromatic N) is 6.